The van der Waals surface area contributed by atoms with Crippen LogP contribution < -0.4 is 4.74 Å². The topological polar surface area (TPSA) is 71.4 Å². The molecule has 0 N–H and O–H groups in total. The van der Waals surface area contributed by atoms with Crippen molar-refractivity contribution in [1.82, 2.24) is 9.91 Å². The number of likely N-dealkylation sites (tertiary alicyclic amines) is 1. The molecule has 0 saturated carbocycles. The van der Waals surface area contributed by atoms with Gasteiger partial charge in [-0.25, -0.2) is 5.01 Å². The van der Waals surface area contributed by atoms with Gasteiger partial charge in [0.2, 0.25) is 0 Å². The molecule has 186 valence electrons. The molecule has 2 aromatic rings. The summed E-state index contributed by atoms with van der Waals surface area (Å²) in [6.45, 7) is 7.87. The molecular formula is C28H35N3O4. The molecule has 0 aromatic heterocycles. The molecule has 35 heavy (non-hydrogen) atoms. The molecule has 4 rings (SSSR count). The quantitative estimate of drug-likeness (QED) is 0.557. The molecule has 2 heterocycles. The maximum Gasteiger partial charge on any atom is 0.310 e. The lowest BCUT2D eigenvalue weighted by molar-refractivity contribution is -0.150. The molecule has 2 aliphatic rings. The first kappa shape index (κ1) is 24.9. The summed E-state index contributed by atoms with van der Waals surface area (Å²) in [6.07, 6.45) is 2.28. The second-order valence-corrected chi connectivity index (χ2v) is 9.39. The summed E-state index contributed by atoms with van der Waals surface area (Å²) < 4.78 is 10.8. The molecule has 2 aliphatic heterocycles. The van der Waals surface area contributed by atoms with E-state index in [-0.39, 0.29) is 30.4 Å². The first-order valence-corrected chi connectivity index (χ1v) is 12.4. The van der Waals surface area contributed by atoms with Crippen LogP contribution in [0.1, 0.15) is 54.5 Å². The average Bonchev–Trinajstić information content (AvgIpc) is 3.29. The second kappa shape index (κ2) is 11.0. The number of benzene rings is 2. The minimum absolute atomic E-state index is 0.0785. The zero-order chi connectivity index (χ0) is 24.9. The number of carbonyl (C=O) groups is 2. The number of aryl methyl sites for hydroxylation is 2. The molecule has 0 aliphatic carbocycles. The highest BCUT2D eigenvalue weighted by molar-refractivity contribution is 6.04. The first-order chi connectivity index (χ1) is 16.9. The third-order valence-corrected chi connectivity index (χ3v) is 6.84. The van der Waals surface area contributed by atoms with E-state index in [9.17, 15) is 9.59 Å². The number of hydrogen-bond acceptors (Lipinski definition) is 6. The zero-order valence-electron chi connectivity index (χ0n) is 21.1. The predicted molar refractivity (Wildman–Crippen MR) is 135 cm³/mol. The summed E-state index contributed by atoms with van der Waals surface area (Å²) >= 11 is 0. The SMILES string of the molecule is CCOC(=O)[C@H]1CCCN(CC(=O)N2N=C(c3ccc(C)cc3C)C[C@@H]2c2ccccc2OC)C1. The Balaban J connectivity index is 1.59. The number of nitrogens with zero attached hydrogens (tertiary/aromatic N) is 3. The number of amides is 1. The molecule has 0 unspecified atom stereocenters. The van der Waals surface area contributed by atoms with Gasteiger partial charge in [0.05, 0.1) is 37.9 Å². The Morgan fingerprint density at radius 3 is 2.69 bits per heavy atom. The van der Waals surface area contributed by atoms with Gasteiger partial charge in [-0.1, -0.05) is 42.0 Å². The van der Waals surface area contributed by atoms with Crippen LogP contribution in [0.25, 0.3) is 0 Å². The third kappa shape index (κ3) is 5.56. The van der Waals surface area contributed by atoms with Gasteiger partial charge >= 0.3 is 5.97 Å². The number of hydrazone groups is 1. The maximum absolute atomic E-state index is 13.6. The Morgan fingerprint density at radius 1 is 1.14 bits per heavy atom. The molecule has 1 saturated heterocycles. The van der Waals surface area contributed by atoms with Crippen molar-refractivity contribution >= 4 is 17.6 Å². The fourth-order valence-electron chi connectivity index (χ4n) is 5.14. The standard InChI is InChI=1S/C28H35N3O4/c1-5-35-28(33)21-9-8-14-30(17-21)18-27(32)31-25(23-10-6-7-11-26(23)34-4)16-24(29-31)22-13-12-19(2)15-20(22)3/h6-7,10-13,15,21,25H,5,8-9,14,16-18H2,1-4H3/t21-,25+/m0/s1. The Labute approximate surface area is 207 Å². The van der Waals surface area contributed by atoms with Crippen LogP contribution in [-0.4, -0.2) is 60.8 Å². The Morgan fingerprint density at radius 2 is 1.94 bits per heavy atom. The molecule has 1 fully saturated rings. The van der Waals surface area contributed by atoms with Crippen LogP contribution in [0.5, 0.6) is 5.75 Å². The number of para-hydroxylation sites is 1. The van der Waals surface area contributed by atoms with E-state index < -0.39 is 0 Å². The number of rotatable bonds is 7. The number of esters is 1. The average molecular weight is 478 g/mol. The summed E-state index contributed by atoms with van der Waals surface area (Å²) in [5.74, 6) is 0.306. The first-order valence-electron chi connectivity index (χ1n) is 12.4. The van der Waals surface area contributed by atoms with Crippen molar-refractivity contribution in [1.29, 1.82) is 0 Å². The molecule has 0 bridgehead atoms. The smallest absolute Gasteiger partial charge is 0.310 e. The van der Waals surface area contributed by atoms with E-state index in [4.69, 9.17) is 14.6 Å². The van der Waals surface area contributed by atoms with Gasteiger partial charge in [-0.2, -0.15) is 5.10 Å². The lowest BCUT2D eigenvalue weighted by Gasteiger charge is -2.32. The second-order valence-electron chi connectivity index (χ2n) is 9.39. The Kier molecular flexibility index (Phi) is 7.86. The van der Waals surface area contributed by atoms with Gasteiger partial charge in [-0.15, -0.1) is 0 Å². The highest BCUT2D eigenvalue weighted by Crippen LogP contribution is 2.38. The van der Waals surface area contributed by atoms with Crippen molar-refractivity contribution in [2.75, 3.05) is 33.4 Å². The number of ether oxygens (including phenoxy) is 2. The van der Waals surface area contributed by atoms with Crippen LogP contribution in [-0.2, 0) is 14.3 Å². The molecule has 2 atom stereocenters. The Hall–Kier alpha value is -3.19. The molecule has 7 nitrogen and oxygen atoms in total. The van der Waals surface area contributed by atoms with Crippen LogP contribution in [0.3, 0.4) is 0 Å². The molecule has 7 heteroatoms. The van der Waals surface area contributed by atoms with E-state index in [1.807, 2.05) is 31.2 Å². The van der Waals surface area contributed by atoms with Gasteiger partial charge in [0.25, 0.3) is 5.91 Å². The maximum atomic E-state index is 13.6. The van der Waals surface area contributed by atoms with Crippen molar-refractivity contribution in [3.8, 4) is 5.75 Å². The minimum atomic E-state index is -0.250. The summed E-state index contributed by atoms with van der Waals surface area (Å²) in [5.41, 5.74) is 5.24. The van der Waals surface area contributed by atoms with E-state index in [1.54, 1.807) is 12.1 Å². The fraction of sp³-hybridized carbons (Fsp3) is 0.464. The van der Waals surface area contributed by atoms with E-state index in [1.165, 1.54) is 5.56 Å². The lowest BCUT2D eigenvalue weighted by Crippen LogP contribution is -2.44. The number of carbonyl (C=O) groups excluding carboxylic acids is 2. The normalized spacial score (nSPS) is 20.5. The van der Waals surface area contributed by atoms with Gasteiger partial charge in [-0.05, 0) is 51.8 Å². The lowest BCUT2D eigenvalue weighted by atomic mass is 9.94. The van der Waals surface area contributed by atoms with Crippen LogP contribution in [0.4, 0.5) is 0 Å². The van der Waals surface area contributed by atoms with Gasteiger partial charge < -0.3 is 9.47 Å². The summed E-state index contributed by atoms with van der Waals surface area (Å²) in [7, 11) is 1.65. The highest BCUT2D eigenvalue weighted by Gasteiger charge is 2.36. The number of piperidine rings is 1. The largest absolute Gasteiger partial charge is 0.496 e. The van der Waals surface area contributed by atoms with Crippen molar-refractivity contribution in [3.05, 3.63) is 64.7 Å². The van der Waals surface area contributed by atoms with Gasteiger partial charge in [-0.3, -0.25) is 14.5 Å². The van der Waals surface area contributed by atoms with E-state index in [0.717, 1.165) is 47.5 Å². The van der Waals surface area contributed by atoms with Crippen molar-refractivity contribution < 1.29 is 19.1 Å². The zero-order valence-corrected chi connectivity index (χ0v) is 21.1. The third-order valence-electron chi connectivity index (χ3n) is 6.84. The summed E-state index contributed by atoms with van der Waals surface area (Å²) in [4.78, 5) is 28.0. The molecule has 0 radical (unpaired) electrons. The highest BCUT2D eigenvalue weighted by atomic mass is 16.5. The van der Waals surface area contributed by atoms with Crippen molar-refractivity contribution in [2.45, 2.75) is 46.1 Å². The monoisotopic (exact) mass is 477 g/mol. The van der Waals surface area contributed by atoms with Gasteiger partial charge in [0.1, 0.15) is 5.75 Å². The van der Waals surface area contributed by atoms with Crippen LogP contribution >= 0.6 is 0 Å². The molecular weight excluding hydrogens is 442 g/mol. The van der Waals surface area contributed by atoms with E-state index in [2.05, 4.69) is 36.9 Å². The predicted octanol–water partition coefficient (Wildman–Crippen LogP) is 4.26. The van der Waals surface area contributed by atoms with Crippen LogP contribution in [0.15, 0.2) is 47.6 Å². The van der Waals surface area contributed by atoms with E-state index in [0.29, 0.717) is 19.6 Å². The van der Waals surface area contributed by atoms with Crippen molar-refractivity contribution in [2.24, 2.45) is 11.0 Å². The summed E-state index contributed by atoms with van der Waals surface area (Å²) in [5, 5.41) is 6.48. The van der Waals surface area contributed by atoms with E-state index >= 15 is 0 Å². The van der Waals surface area contributed by atoms with Crippen LogP contribution in [0, 0.1) is 19.8 Å². The molecule has 1 amide bonds. The van der Waals surface area contributed by atoms with Gasteiger partial charge in [0, 0.05) is 24.1 Å². The number of hydrogen-bond donors (Lipinski definition) is 0. The van der Waals surface area contributed by atoms with Gasteiger partial charge in [0.15, 0.2) is 0 Å². The van der Waals surface area contributed by atoms with Crippen molar-refractivity contribution in [3.63, 3.8) is 0 Å². The Bertz CT molecular complexity index is 1110. The summed E-state index contributed by atoms with van der Waals surface area (Å²) in [6, 6.07) is 13.9. The molecule has 2 aromatic carbocycles. The molecule has 0 spiro atoms. The van der Waals surface area contributed by atoms with Crippen LogP contribution in [0.2, 0.25) is 0 Å². The fourth-order valence-corrected chi connectivity index (χ4v) is 5.14. The minimum Gasteiger partial charge on any atom is -0.496 e. The number of methoxy groups -OCH3 is 1.